The maximum absolute atomic E-state index is 11.9. The third-order valence-corrected chi connectivity index (χ3v) is 4.22. The zero-order valence-corrected chi connectivity index (χ0v) is 10.5. The Hall–Kier alpha value is -1.36. The smallest absolute Gasteiger partial charge is 0.326 e. The number of carboxylic acids is 1. The Bertz CT molecular complexity index is 431. The minimum Gasteiger partial charge on any atom is -0.480 e. The van der Waals surface area contributed by atoms with E-state index in [1.165, 1.54) is 21.8 Å². The summed E-state index contributed by atoms with van der Waals surface area (Å²) in [7, 11) is 0. The van der Waals surface area contributed by atoms with Crippen LogP contribution in [0.25, 0.3) is 0 Å². The number of aryl methyl sites for hydroxylation is 2. The van der Waals surface area contributed by atoms with Crippen molar-refractivity contribution in [3.63, 3.8) is 0 Å². The van der Waals surface area contributed by atoms with E-state index in [-0.39, 0.29) is 5.91 Å². The van der Waals surface area contributed by atoms with Gasteiger partial charge in [0.15, 0.2) is 0 Å². The molecule has 0 radical (unpaired) electrons. The molecule has 92 valence electrons. The third-order valence-electron chi connectivity index (χ3n) is 2.98. The first kappa shape index (κ1) is 12.1. The summed E-state index contributed by atoms with van der Waals surface area (Å²) < 4.78 is 0. The molecule has 0 bridgehead atoms. The average Bonchev–Trinajstić information content (AvgIpc) is 2.84. The van der Waals surface area contributed by atoms with Crippen LogP contribution in [0.3, 0.4) is 0 Å². The summed E-state index contributed by atoms with van der Waals surface area (Å²) in [4.78, 5) is 24.6. The molecular weight excluding hydrogens is 238 g/mol. The van der Waals surface area contributed by atoms with E-state index in [0.29, 0.717) is 11.3 Å². The second-order valence-corrected chi connectivity index (χ2v) is 5.32. The molecule has 1 heterocycles. The van der Waals surface area contributed by atoms with Gasteiger partial charge in [-0.3, -0.25) is 4.79 Å². The first-order chi connectivity index (χ1) is 8.11. The molecule has 1 aliphatic carbocycles. The summed E-state index contributed by atoms with van der Waals surface area (Å²) in [6, 6.07) is 1.11. The van der Waals surface area contributed by atoms with Gasteiger partial charge >= 0.3 is 5.97 Å². The number of aliphatic carboxylic acids is 1. The van der Waals surface area contributed by atoms with E-state index in [9.17, 15) is 9.59 Å². The number of carbonyl (C=O) groups is 2. The van der Waals surface area contributed by atoms with Crippen molar-refractivity contribution in [3.8, 4) is 0 Å². The average molecular weight is 253 g/mol. The lowest BCUT2D eigenvalue weighted by Gasteiger charge is -2.10. The fourth-order valence-corrected chi connectivity index (χ4v) is 3.17. The van der Waals surface area contributed by atoms with E-state index in [1.807, 2.05) is 6.07 Å². The number of carboxylic acid groups (broad SMARTS) is 1. The Morgan fingerprint density at radius 3 is 2.88 bits per heavy atom. The molecule has 2 N–H and O–H groups in total. The molecule has 1 atom stereocenters. The van der Waals surface area contributed by atoms with Gasteiger partial charge in [0, 0.05) is 4.88 Å². The maximum atomic E-state index is 11.9. The predicted molar refractivity (Wildman–Crippen MR) is 65.5 cm³/mol. The van der Waals surface area contributed by atoms with Gasteiger partial charge in [0.1, 0.15) is 6.04 Å². The van der Waals surface area contributed by atoms with Crippen molar-refractivity contribution in [1.29, 1.82) is 0 Å². The van der Waals surface area contributed by atoms with Crippen molar-refractivity contribution in [2.45, 2.75) is 38.6 Å². The molecule has 17 heavy (non-hydrogen) atoms. The van der Waals surface area contributed by atoms with Crippen LogP contribution in [0.1, 0.15) is 39.9 Å². The lowest BCUT2D eigenvalue weighted by molar-refractivity contribution is -0.139. The number of thiophene rings is 1. The van der Waals surface area contributed by atoms with Gasteiger partial charge in [-0.05, 0) is 37.3 Å². The Kier molecular flexibility index (Phi) is 3.47. The standard InChI is InChI=1S/C12H15NO3S/c1-2-8(12(15)16)13-11(14)10-6-7-4-3-5-9(7)17-10/h6,8H,2-5H2,1H3,(H,13,14)(H,15,16)/t8-/m0/s1. The number of hydrogen-bond donors (Lipinski definition) is 2. The Labute approximate surface area is 104 Å². The van der Waals surface area contributed by atoms with Crippen LogP contribution in [0.15, 0.2) is 6.07 Å². The largest absolute Gasteiger partial charge is 0.480 e. The molecule has 0 saturated heterocycles. The summed E-state index contributed by atoms with van der Waals surface area (Å²) >= 11 is 1.49. The minimum absolute atomic E-state index is 0.265. The molecule has 0 aromatic carbocycles. The van der Waals surface area contributed by atoms with Crippen molar-refractivity contribution < 1.29 is 14.7 Å². The van der Waals surface area contributed by atoms with Gasteiger partial charge < -0.3 is 10.4 Å². The quantitative estimate of drug-likeness (QED) is 0.860. The van der Waals surface area contributed by atoms with E-state index in [1.54, 1.807) is 6.92 Å². The number of carbonyl (C=O) groups excluding carboxylic acids is 1. The normalized spacial score (nSPS) is 15.4. The van der Waals surface area contributed by atoms with Crippen LogP contribution in [0.5, 0.6) is 0 Å². The second kappa shape index (κ2) is 4.87. The number of rotatable bonds is 4. The second-order valence-electron chi connectivity index (χ2n) is 4.19. The van der Waals surface area contributed by atoms with E-state index in [0.717, 1.165) is 19.3 Å². The SMILES string of the molecule is CC[C@H](NC(=O)c1cc2c(s1)CCC2)C(=O)O. The van der Waals surface area contributed by atoms with Crippen LogP contribution in [-0.2, 0) is 17.6 Å². The molecule has 0 fully saturated rings. The summed E-state index contributed by atoms with van der Waals surface area (Å²) in [6.45, 7) is 1.74. The molecule has 1 amide bonds. The minimum atomic E-state index is -0.982. The van der Waals surface area contributed by atoms with E-state index >= 15 is 0 Å². The van der Waals surface area contributed by atoms with Crippen molar-refractivity contribution in [2.24, 2.45) is 0 Å². The van der Waals surface area contributed by atoms with Gasteiger partial charge in [-0.25, -0.2) is 4.79 Å². The van der Waals surface area contributed by atoms with Crippen LogP contribution in [-0.4, -0.2) is 23.0 Å². The fourth-order valence-electron chi connectivity index (χ4n) is 2.01. The van der Waals surface area contributed by atoms with Crippen molar-refractivity contribution >= 4 is 23.2 Å². The summed E-state index contributed by atoms with van der Waals surface area (Å²) in [5, 5.41) is 11.4. The molecule has 0 unspecified atom stereocenters. The molecule has 1 aliphatic rings. The van der Waals surface area contributed by atoms with Crippen LogP contribution < -0.4 is 5.32 Å². The maximum Gasteiger partial charge on any atom is 0.326 e. The Balaban J connectivity index is 2.06. The number of fused-ring (bicyclic) bond motifs is 1. The van der Waals surface area contributed by atoms with Crippen LogP contribution in [0, 0.1) is 0 Å². The molecule has 0 aliphatic heterocycles. The molecule has 0 saturated carbocycles. The lowest BCUT2D eigenvalue weighted by atomic mass is 10.2. The zero-order valence-electron chi connectivity index (χ0n) is 9.66. The van der Waals surface area contributed by atoms with Gasteiger partial charge in [-0.15, -0.1) is 11.3 Å². The van der Waals surface area contributed by atoms with Gasteiger partial charge in [0.05, 0.1) is 4.88 Å². The van der Waals surface area contributed by atoms with Gasteiger partial charge in [-0.2, -0.15) is 0 Å². The highest BCUT2D eigenvalue weighted by atomic mass is 32.1. The lowest BCUT2D eigenvalue weighted by Crippen LogP contribution is -2.39. The summed E-state index contributed by atoms with van der Waals surface area (Å²) in [5.41, 5.74) is 1.25. The molecule has 1 aromatic heterocycles. The molecule has 1 aromatic rings. The highest BCUT2D eigenvalue weighted by Crippen LogP contribution is 2.30. The summed E-state index contributed by atoms with van der Waals surface area (Å²) in [5.74, 6) is -1.25. The van der Waals surface area contributed by atoms with Crippen molar-refractivity contribution in [3.05, 3.63) is 21.4 Å². The monoisotopic (exact) mass is 253 g/mol. The van der Waals surface area contributed by atoms with E-state index in [2.05, 4.69) is 5.32 Å². The van der Waals surface area contributed by atoms with Crippen LogP contribution >= 0.6 is 11.3 Å². The highest BCUT2D eigenvalue weighted by molar-refractivity contribution is 7.14. The molecule has 0 spiro atoms. The third kappa shape index (κ3) is 2.49. The van der Waals surface area contributed by atoms with Crippen LogP contribution in [0.2, 0.25) is 0 Å². The number of hydrogen-bond acceptors (Lipinski definition) is 3. The highest BCUT2D eigenvalue weighted by Gasteiger charge is 2.22. The Morgan fingerprint density at radius 1 is 1.53 bits per heavy atom. The molecular formula is C12H15NO3S. The molecule has 5 heteroatoms. The van der Waals surface area contributed by atoms with Gasteiger partial charge in [-0.1, -0.05) is 6.92 Å². The zero-order chi connectivity index (χ0) is 12.4. The Morgan fingerprint density at radius 2 is 2.29 bits per heavy atom. The van der Waals surface area contributed by atoms with E-state index in [4.69, 9.17) is 5.11 Å². The molecule has 2 rings (SSSR count). The first-order valence-electron chi connectivity index (χ1n) is 5.77. The number of amides is 1. The topological polar surface area (TPSA) is 66.4 Å². The van der Waals surface area contributed by atoms with Crippen molar-refractivity contribution in [2.75, 3.05) is 0 Å². The van der Waals surface area contributed by atoms with E-state index < -0.39 is 12.0 Å². The van der Waals surface area contributed by atoms with Crippen molar-refractivity contribution in [1.82, 2.24) is 5.32 Å². The molecule has 4 nitrogen and oxygen atoms in total. The van der Waals surface area contributed by atoms with Crippen LogP contribution in [0.4, 0.5) is 0 Å². The summed E-state index contributed by atoms with van der Waals surface area (Å²) in [6.07, 6.45) is 3.64. The number of nitrogens with one attached hydrogen (secondary N) is 1. The first-order valence-corrected chi connectivity index (χ1v) is 6.58. The fraction of sp³-hybridized carbons (Fsp3) is 0.500. The predicted octanol–water partition coefficient (Wildman–Crippen LogP) is 1.83. The van der Waals surface area contributed by atoms with Gasteiger partial charge in [0.25, 0.3) is 5.91 Å². The van der Waals surface area contributed by atoms with Gasteiger partial charge in [0.2, 0.25) is 0 Å².